The van der Waals surface area contributed by atoms with E-state index in [2.05, 4.69) is 27.3 Å². The quantitative estimate of drug-likeness (QED) is 0.760. The highest BCUT2D eigenvalue weighted by Gasteiger charge is 2.06. The molecule has 1 aromatic rings. The van der Waals surface area contributed by atoms with Gasteiger partial charge < -0.3 is 15.3 Å². The van der Waals surface area contributed by atoms with E-state index in [-0.39, 0.29) is 5.69 Å². The molecule has 1 rings (SSSR count). The summed E-state index contributed by atoms with van der Waals surface area (Å²) in [5.74, 6) is -0.487. The van der Waals surface area contributed by atoms with E-state index >= 15 is 0 Å². The van der Waals surface area contributed by atoms with Gasteiger partial charge in [0, 0.05) is 12.6 Å². The van der Waals surface area contributed by atoms with Crippen molar-refractivity contribution in [3.63, 3.8) is 0 Å². The van der Waals surface area contributed by atoms with E-state index in [9.17, 15) is 4.79 Å². The molecule has 0 saturated carbocycles. The van der Waals surface area contributed by atoms with E-state index in [1.807, 2.05) is 14.1 Å². The Morgan fingerprint density at radius 2 is 2.19 bits per heavy atom. The van der Waals surface area contributed by atoms with Crippen molar-refractivity contribution in [3.8, 4) is 0 Å². The SMILES string of the molecule is CC(CNc1ccc(C(=O)O)nn1)N(C)C. The molecule has 0 amide bonds. The standard InChI is InChI=1S/C10H16N4O2/c1-7(14(2)3)6-11-9-5-4-8(10(15)16)12-13-9/h4-5,7H,6H2,1-3H3,(H,11,13)(H,15,16). The number of likely N-dealkylation sites (N-methyl/N-ethyl adjacent to an activating group) is 1. The Bertz CT molecular complexity index is 350. The second-order valence-electron chi connectivity index (χ2n) is 3.80. The molecule has 1 unspecified atom stereocenters. The summed E-state index contributed by atoms with van der Waals surface area (Å²) in [6.45, 7) is 2.81. The van der Waals surface area contributed by atoms with Crippen LogP contribution < -0.4 is 5.32 Å². The minimum Gasteiger partial charge on any atom is -0.476 e. The van der Waals surface area contributed by atoms with Gasteiger partial charge in [-0.15, -0.1) is 10.2 Å². The molecule has 6 nitrogen and oxygen atoms in total. The van der Waals surface area contributed by atoms with Crippen LogP contribution in [-0.2, 0) is 0 Å². The van der Waals surface area contributed by atoms with Gasteiger partial charge in [-0.25, -0.2) is 4.79 Å². The van der Waals surface area contributed by atoms with Crippen molar-refractivity contribution < 1.29 is 9.90 Å². The number of hydrogen-bond donors (Lipinski definition) is 2. The first-order valence-electron chi connectivity index (χ1n) is 4.98. The van der Waals surface area contributed by atoms with E-state index in [1.165, 1.54) is 6.07 Å². The lowest BCUT2D eigenvalue weighted by Crippen LogP contribution is -2.31. The maximum absolute atomic E-state index is 10.5. The number of anilines is 1. The topological polar surface area (TPSA) is 78.3 Å². The fourth-order valence-electron chi connectivity index (χ4n) is 0.975. The van der Waals surface area contributed by atoms with Crippen molar-refractivity contribution in [1.29, 1.82) is 0 Å². The Morgan fingerprint density at radius 3 is 2.62 bits per heavy atom. The van der Waals surface area contributed by atoms with E-state index < -0.39 is 5.97 Å². The third kappa shape index (κ3) is 3.47. The van der Waals surface area contributed by atoms with Crippen LogP contribution in [0.3, 0.4) is 0 Å². The molecule has 6 heteroatoms. The third-order valence-electron chi connectivity index (χ3n) is 2.34. The van der Waals surface area contributed by atoms with Gasteiger partial charge in [-0.1, -0.05) is 0 Å². The number of hydrogen-bond acceptors (Lipinski definition) is 5. The number of carboxylic acid groups (broad SMARTS) is 1. The molecule has 0 saturated heterocycles. The normalized spacial score (nSPS) is 12.5. The van der Waals surface area contributed by atoms with Gasteiger partial charge >= 0.3 is 5.97 Å². The molecule has 0 fully saturated rings. The molecule has 0 bridgehead atoms. The summed E-state index contributed by atoms with van der Waals surface area (Å²) in [7, 11) is 3.98. The van der Waals surface area contributed by atoms with Crippen LogP contribution >= 0.6 is 0 Å². The molecule has 88 valence electrons. The summed E-state index contributed by atoms with van der Waals surface area (Å²) >= 11 is 0. The van der Waals surface area contributed by atoms with Gasteiger partial charge in [0.15, 0.2) is 5.69 Å². The number of aromatic carboxylic acids is 1. The molecule has 0 spiro atoms. The monoisotopic (exact) mass is 224 g/mol. The summed E-state index contributed by atoms with van der Waals surface area (Å²) < 4.78 is 0. The lowest BCUT2D eigenvalue weighted by molar-refractivity contribution is 0.0689. The number of carbonyl (C=O) groups is 1. The van der Waals surface area contributed by atoms with Crippen LogP contribution in [0.4, 0.5) is 5.82 Å². The lowest BCUT2D eigenvalue weighted by atomic mass is 10.3. The van der Waals surface area contributed by atoms with Gasteiger partial charge in [0.05, 0.1) is 0 Å². The molecule has 16 heavy (non-hydrogen) atoms. The van der Waals surface area contributed by atoms with Crippen LogP contribution in [0.2, 0.25) is 0 Å². The van der Waals surface area contributed by atoms with Gasteiger partial charge in [-0.3, -0.25) is 0 Å². The molecular formula is C10H16N4O2. The second kappa shape index (κ2) is 5.41. The Balaban J connectivity index is 2.53. The summed E-state index contributed by atoms with van der Waals surface area (Å²) in [4.78, 5) is 12.6. The van der Waals surface area contributed by atoms with Crippen molar-refractivity contribution >= 4 is 11.8 Å². The largest absolute Gasteiger partial charge is 0.476 e. The highest BCUT2D eigenvalue weighted by molar-refractivity contribution is 5.85. The predicted octanol–water partition coefficient (Wildman–Crippen LogP) is 0.537. The summed E-state index contributed by atoms with van der Waals surface area (Å²) in [6.07, 6.45) is 0. The van der Waals surface area contributed by atoms with Gasteiger partial charge in [-0.2, -0.15) is 0 Å². The smallest absolute Gasteiger partial charge is 0.356 e. The molecule has 1 heterocycles. The number of nitrogens with zero attached hydrogens (tertiary/aromatic N) is 3. The van der Waals surface area contributed by atoms with Crippen LogP contribution in [-0.4, -0.2) is 52.9 Å². The van der Waals surface area contributed by atoms with Crippen molar-refractivity contribution in [2.24, 2.45) is 0 Å². The third-order valence-corrected chi connectivity index (χ3v) is 2.34. The molecule has 0 aliphatic rings. The molecule has 1 aromatic heterocycles. The first-order valence-corrected chi connectivity index (χ1v) is 4.98. The average Bonchev–Trinajstić information content (AvgIpc) is 2.26. The lowest BCUT2D eigenvalue weighted by Gasteiger charge is -2.19. The molecule has 2 N–H and O–H groups in total. The van der Waals surface area contributed by atoms with Crippen molar-refractivity contribution in [2.75, 3.05) is 26.0 Å². The highest BCUT2D eigenvalue weighted by atomic mass is 16.4. The second-order valence-corrected chi connectivity index (χ2v) is 3.80. The van der Waals surface area contributed by atoms with Crippen molar-refractivity contribution in [1.82, 2.24) is 15.1 Å². The minimum atomic E-state index is -1.07. The average molecular weight is 224 g/mol. The maximum Gasteiger partial charge on any atom is 0.356 e. The fraction of sp³-hybridized carbons (Fsp3) is 0.500. The van der Waals surface area contributed by atoms with Crippen LogP contribution in [0.15, 0.2) is 12.1 Å². The number of carboxylic acids is 1. The maximum atomic E-state index is 10.5. The van der Waals surface area contributed by atoms with E-state index in [1.54, 1.807) is 6.07 Å². The number of aromatic nitrogens is 2. The molecular weight excluding hydrogens is 208 g/mol. The van der Waals surface area contributed by atoms with E-state index in [0.717, 1.165) is 6.54 Å². The van der Waals surface area contributed by atoms with Crippen molar-refractivity contribution in [2.45, 2.75) is 13.0 Å². The summed E-state index contributed by atoms with van der Waals surface area (Å²) in [5.41, 5.74) is -0.0498. The van der Waals surface area contributed by atoms with Gasteiger partial charge in [0.25, 0.3) is 0 Å². The Morgan fingerprint density at radius 1 is 1.50 bits per heavy atom. The molecule has 0 aromatic carbocycles. The van der Waals surface area contributed by atoms with Crippen LogP contribution in [0, 0.1) is 0 Å². The Kier molecular flexibility index (Phi) is 4.19. The van der Waals surface area contributed by atoms with Crippen LogP contribution in [0.5, 0.6) is 0 Å². The van der Waals surface area contributed by atoms with Gasteiger partial charge in [-0.05, 0) is 33.2 Å². The minimum absolute atomic E-state index is 0.0498. The van der Waals surface area contributed by atoms with Gasteiger partial charge in [0.1, 0.15) is 5.82 Å². The zero-order chi connectivity index (χ0) is 12.1. The zero-order valence-electron chi connectivity index (χ0n) is 9.64. The van der Waals surface area contributed by atoms with Crippen molar-refractivity contribution in [3.05, 3.63) is 17.8 Å². The summed E-state index contributed by atoms with van der Waals surface area (Å²) in [5, 5.41) is 19.1. The van der Waals surface area contributed by atoms with E-state index in [4.69, 9.17) is 5.11 Å². The fourth-order valence-corrected chi connectivity index (χ4v) is 0.975. The Labute approximate surface area is 94.3 Å². The summed E-state index contributed by atoms with van der Waals surface area (Å²) in [6, 6.07) is 3.40. The number of rotatable bonds is 5. The highest BCUT2D eigenvalue weighted by Crippen LogP contribution is 2.02. The predicted molar refractivity (Wildman–Crippen MR) is 60.6 cm³/mol. The molecule has 1 atom stereocenters. The van der Waals surface area contributed by atoms with Crippen LogP contribution in [0.1, 0.15) is 17.4 Å². The Hall–Kier alpha value is -1.69. The first-order chi connectivity index (χ1) is 7.50. The van der Waals surface area contributed by atoms with Crippen LogP contribution in [0.25, 0.3) is 0 Å². The first kappa shape index (κ1) is 12.4. The molecule has 0 radical (unpaired) electrons. The number of nitrogens with one attached hydrogen (secondary N) is 1. The zero-order valence-corrected chi connectivity index (χ0v) is 9.64. The van der Waals surface area contributed by atoms with Gasteiger partial charge in [0.2, 0.25) is 0 Å². The molecule has 0 aliphatic heterocycles. The van der Waals surface area contributed by atoms with E-state index in [0.29, 0.717) is 11.9 Å². The molecule has 0 aliphatic carbocycles.